The molecule has 2 heterocycles. The first-order valence-electron chi connectivity index (χ1n) is 10.1. The highest BCUT2D eigenvalue weighted by molar-refractivity contribution is 6.05. The summed E-state index contributed by atoms with van der Waals surface area (Å²) in [5, 5.41) is 6.55. The lowest BCUT2D eigenvalue weighted by Gasteiger charge is -2.09. The third kappa shape index (κ3) is 5.76. The van der Waals surface area contributed by atoms with E-state index >= 15 is 0 Å². The summed E-state index contributed by atoms with van der Waals surface area (Å²) in [5.41, 5.74) is 3.50. The lowest BCUT2D eigenvalue weighted by atomic mass is 10.1. The number of fused-ring (bicyclic) bond motifs is 1. The van der Waals surface area contributed by atoms with Gasteiger partial charge < -0.3 is 19.2 Å². The molecule has 3 aromatic rings. The molecule has 0 bridgehead atoms. The van der Waals surface area contributed by atoms with Crippen molar-refractivity contribution in [2.24, 2.45) is 5.10 Å². The number of furan rings is 1. The summed E-state index contributed by atoms with van der Waals surface area (Å²) in [7, 11) is 0. The minimum absolute atomic E-state index is 0.0190. The van der Waals surface area contributed by atoms with Crippen LogP contribution in [-0.2, 0) is 4.79 Å². The molecule has 1 aromatic heterocycles. The molecule has 0 saturated carbocycles. The molecule has 0 atom stereocenters. The second-order valence-electron chi connectivity index (χ2n) is 7.02. The molecule has 0 fully saturated rings. The Morgan fingerprint density at radius 1 is 1.00 bits per heavy atom. The van der Waals surface area contributed by atoms with Crippen molar-refractivity contribution in [1.82, 2.24) is 10.7 Å². The first-order chi connectivity index (χ1) is 16.1. The fourth-order valence-electron chi connectivity index (χ4n) is 2.99. The lowest BCUT2D eigenvalue weighted by molar-refractivity contribution is -0.117. The molecule has 8 nitrogen and oxygen atoms in total. The number of benzene rings is 2. The van der Waals surface area contributed by atoms with Crippen LogP contribution in [-0.4, -0.2) is 24.8 Å². The average molecular weight is 443 g/mol. The Bertz CT molecular complexity index is 1240. The monoisotopic (exact) mass is 443 g/mol. The minimum atomic E-state index is -0.588. The van der Waals surface area contributed by atoms with Crippen LogP contribution in [0.2, 0.25) is 0 Å². The summed E-state index contributed by atoms with van der Waals surface area (Å²) >= 11 is 0. The van der Waals surface area contributed by atoms with Gasteiger partial charge in [0.2, 0.25) is 6.79 Å². The number of hydrazone groups is 1. The number of hydrogen-bond acceptors (Lipinski definition) is 6. The van der Waals surface area contributed by atoms with Gasteiger partial charge in [-0.15, -0.1) is 0 Å². The van der Waals surface area contributed by atoms with Crippen molar-refractivity contribution >= 4 is 30.2 Å². The Morgan fingerprint density at radius 2 is 1.82 bits per heavy atom. The summed E-state index contributed by atoms with van der Waals surface area (Å²) in [6, 6.07) is 17.5. The number of nitrogens with one attached hydrogen (secondary N) is 2. The molecule has 1 aliphatic heterocycles. The molecule has 0 aliphatic carbocycles. The minimum Gasteiger partial charge on any atom is -0.462 e. The molecule has 1 aliphatic rings. The van der Waals surface area contributed by atoms with Gasteiger partial charge >= 0.3 is 0 Å². The third-order valence-corrected chi connectivity index (χ3v) is 4.58. The number of aryl methyl sites for hydroxylation is 1. The second-order valence-corrected chi connectivity index (χ2v) is 7.02. The number of nitrogens with zero attached hydrogens (tertiary/aromatic N) is 1. The maximum Gasteiger partial charge on any atom is 0.287 e. The third-order valence-electron chi connectivity index (χ3n) is 4.58. The van der Waals surface area contributed by atoms with Crippen molar-refractivity contribution in [3.8, 4) is 11.5 Å². The first kappa shape index (κ1) is 21.6. The van der Waals surface area contributed by atoms with Crippen LogP contribution in [0.3, 0.4) is 0 Å². The Balaban J connectivity index is 1.50. The zero-order valence-corrected chi connectivity index (χ0v) is 17.8. The molecule has 0 radical (unpaired) electrons. The van der Waals surface area contributed by atoms with Crippen LogP contribution < -0.4 is 20.2 Å². The zero-order valence-electron chi connectivity index (χ0n) is 17.8. The van der Waals surface area contributed by atoms with E-state index in [0.29, 0.717) is 28.4 Å². The second kappa shape index (κ2) is 10.1. The van der Waals surface area contributed by atoms with Crippen LogP contribution in [0.25, 0.3) is 12.2 Å². The molecule has 4 rings (SSSR count). The van der Waals surface area contributed by atoms with Gasteiger partial charge in [0.15, 0.2) is 11.5 Å². The highest BCUT2D eigenvalue weighted by Crippen LogP contribution is 2.33. The molecule has 0 spiro atoms. The smallest absolute Gasteiger partial charge is 0.287 e. The molecule has 166 valence electrons. The Hall–Kier alpha value is -4.59. The molecule has 0 saturated heterocycles. The van der Waals surface area contributed by atoms with Crippen LogP contribution in [0.15, 0.2) is 82.0 Å². The van der Waals surface area contributed by atoms with Gasteiger partial charge in [-0.2, -0.15) is 5.10 Å². The maximum absolute atomic E-state index is 12.8. The number of rotatable bonds is 7. The van der Waals surface area contributed by atoms with Gasteiger partial charge in [0.1, 0.15) is 17.2 Å². The van der Waals surface area contributed by atoms with E-state index in [1.54, 1.807) is 60.7 Å². The highest BCUT2D eigenvalue weighted by atomic mass is 16.7. The highest BCUT2D eigenvalue weighted by Gasteiger charge is 2.16. The maximum atomic E-state index is 12.8. The predicted octanol–water partition coefficient (Wildman–Crippen LogP) is 3.90. The Labute approximate surface area is 190 Å². The van der Waals surface area contributed by atoms with Crippen LogP contribution in [0.4, 0.5) is 0 Å². The number of ether oxygens (including phenoxy) is 2. The normalized spacial score (nSPS) is 12.9. The van der Waals surface area contributed by atoms with Gasteiger partial charge in [0.05, 0.1) is 0 Å². The number of amides is 2. The topological polar surface area (TPSA) is 102 Å². The first-order valence-corrected chi connectivity index (χ1v) is 10.1. The van der Waals surface area contributed by atoms with Gasteiger partial charge in [-0.3, -0.25) is 9.59 Å². The van der Waals surface area contributed by atoms with Crippen LogP contribution in [0.5, 0.6) is 11.5 Å². The van der Waals surface area contributed by atoms with Crippen molar-refractivity contribution in [2.75, 3.05) is 6.79 Å². The number of allylic oxidation sites excluding steroid dienone is 1. The van der Waals surface area contributed by atoms with Crippen molar-refractivity contribution < 1.29 is 23.5 Å². The van der Waals surface area contributed by atoms with Crippen molar-refractivity contribution in [1.29, 1.82) is 0 Å². The summed E-state index contributed by atoms with van der Waals surface area (Å²) in [6.45, 7) is 1.99. The van der Waals surface area contributed by atoms with Crippen molar-refractivity contribution in [2.45, 2.75) is 6.92 Å². The van der Waals surface area contributed by atoms with E-state index in [0.717, 1.165) is 5.76 Å². The molecular weight excluding hydrogens is 422 g/mol. The zero-order chi connectivity index (χ0) is 23.0. The largest absolute Gasteiger partial charge is 0.462 e. The van der Waals surface area contributed by atoms with E-state index in [1.807, 2.05) is 19.1 Å². The van der Waals surface area contributed by atoms with E-state index in [-0.39, 0.29) is 12.5 Å². The molecule has 2 amide bonds. The fourth-order valence-corrected chi connectivity index (χ4v) is 2.99. The SMILES string of the molecule is Cc1ccc(/C=C\C=NNC(=O)/C(=C\c2ccc3c(c2)OCO3)NC(=O)c2ccccc2)o1. The summed E-state index contributed by atoms with van der Waals surface area (Å²) in [6.07, 6.45) is 6.29. The molecule has 33 heavy (non-hydrogen) atoms. The van der Waals surface area contributed by atoms with Gasteiger partial charge in [0, 0.05) is 11.8 Å². The molecule has 2 N–H and O–H groups in total. The van der Waals surface area contributed by atoms with Gasteiger partial charge in [-0.1, -0.05) is 24.3 Å². The fraction of sp³-hybridized carbons (Fsp3) is 0.0800. The van der Waals surface area contributed by atoms with E-state index in [4.69, 9.17) is 13.9 Å². The quantitative estimate of drug-likeness (QED) is 0.328. The molecule has 8 heteroatoms. The van der Waals surface area contributed by atoms with E-state index in [1.165, 1.54) is 12.3 Å². The van der Waals surface area contributed by atoms with Gasteiger partial charge in [-0.05, 0) is 67.1 Å². The number of carbonyl (C=O) groups excluding carboxylic acids is 2. The van der Waals surface area contributed by atoms with Crippen molar-refractivity contribution in [3.63, 3.8) is 0 Å². The summed E-state index contributed by atoms with van der Waals surface area (Å²) in [4.78, 5) is 25.4. The molecular formula is C25H21N3O5. The standard InChI is InChI=1S/C25H21N3O5/c1-17-9-11-20(33-17)8-5-13-26-28-25(30)21(27-24(29)19-6-3-2-4-7-19)14-18-10-12-22-23(15-18)32-16-31-22/h2-15H,16H2,1H3,(H,27,29)(H,28,30)/b8-5-,21-14+,26-13?. The number of hydrogen-bond donors (Lipinski definition) is 2. The van der Waals surface area contributed by atoms with E-state index < -0.39 is 11.8 Å². The predicted molar refractivity (Wildman–Crippen MR) is 124 cm³/mol. The van der Waals surface area contributed by atoms with Gasteiger partial charge in [0.25, 0.3) is 11.8 Å². The van der Waals surface area contributed by atoms with E-state index in [9.17, 15) is 9.59 Å². The van der Waals surface area contributed by atoms with E-state index in [2.05, 4.69) is 15.8 Å². The Morgan fingerprint density at radius 3 is 2.61 bits per heavy atom. The summed E-state index contributed by atoms with van der Waals surface area (Å²) < 4.78 is 16.1. The van der Waals surface area contributed by atoms with Crippen LogP contribution >= 0.6 is 0 Å². The Kier molecular flexibility index (Phi) is 6.65. The average Bonchev–Trinajstić information content (AvgIpc) is 3.47. The lowest BCUT2D eigenvalue weighted by Crippen LogP contribution is -2.32. The van der Waals surface area contributed by atoms with Crippen LogP contribution in [0, 0.1) is 6.92 Å². The summed E-state index contributed by atoms with van der Waals surface area (Å²) in [5.74, 6) is 1.64. The van der Waals surface area contributed by atoms with Crippen LogP contribution in [0.1, 0.15) is 27.4 Å². The number of carbonyl (C=O) groups is 2. The van der Waals surface area contributed by atoms with Gasteiger partial charge in [-0.25, -0.2) is 5.43 Å². The molecule has 0 unspecified atom stereocenters. The molecule has 2 aromatic carbocycles. The van der Waals surface area contributed by atoms with Crippen molar-refractivity contribution in [3.05, 3.63) is 95.1 Å².